The molecule has 0 spiro atoms. The van der Waals surface area contributed by atoms with E-state index in [0.717, 1.165) is 28.9 Å². The molecule has 0 aliphatic carbocycles. The number of nitrogens with zero attached hydrogens (tertiary/aromatic N) is 1. The van der Waals surface area contributed by atoms with Crippen LogP contribution in [-0.4, -0.2) is 40.6 Å². The van der Waals surface area contributed by atoms with Crippen molar-refractivity contribution in [1.82, 2.24) is 10.2 Å². The van der Waals surface area contributed by atoms with Gasteiger partial charge < -0.3 is 19.7 Å². The van der Waals surface area contributed by atoms with Crippen LogP contribution in [0.25, 0.3) is 0 Å². The maximum Gasteiger partial charge on any atom is 0.302 e. The maximum atomic E-state index is 10.9. The van der Waals surface area contributed by atoms with Crippen LogP contribution in [0.5, 0.6) is 0 Å². The van der Waals surface area contributed by atoms with E-state index in [1.165, 1.54) is 36.7 Å². The van der Waals surface area contributed by atoms with Crippen LogP contribution in [0.2, 0.25) is 0 Å². The average molecular weight is 809 g/mol. The predicted octanol–water partition coefficient (Wildman–Crippen LogP) is 10.7. The molecule has 0 atom stereocenters. The molecular weight excluding hydrogens is 745 g/mol. The Balaban J connectivity index is 0. The zero-order valence-electron chi connectivity index (χ0n) is 33.5. The number of aryl methyl sites for hydroxylation is 1. The second-order valence-electron chi connectivity index (χ2n) is 12.5. The highest BCUT2D eigenvalue weighted by atomic mass is 32.2. The van der Waals surface area contributed by atoms with Crippen LogP contribution in [0.1, 0.15) is 83.7 Å². The normalized spacial score (nSPS) is 9.07. The van der Waals surface area contributed by atoms with E-state index in [9.17, 15) is 24.0 Å². The third-order valence-corrected chi connectivity index (χ3v) is 8.25. The topological polar surface area (TPSA) is 110 Å². The van der Waals surface area contributed by atoms with Gasteiger partial charge in [-0.1, -0.05) is 178 Å². The molecule has 0 heterocycles. The third kappa shape index (κ3) is 31.4. The number of esters is 1. The van der Waals surface area contributed by atoms with Gasteiger partial charge in [0.1, 0.15) is 12.4 Å². The fraction of sp³-hybridized carbons (Fsp3) is 0.286. The van der Waals surface area contributed by atoms with Crippen molar-refractivity contribution in [1.29, 1.82) is 0 Å². The minimum Gasteiger partial charge on any atom is -0.461 e. The van der Waals surface area contributed by atoms with E-state index in [1.807, 2.05) is 152 Å². The minimum absolute atomic E-state index is 0. The summed E-state index contributed by atoms with van der Waals surface area (Å²) in [5.74, 6) is 0.909. The van der Waals surface area contributed by atoms with Crippen LogP contribution in [0.15, 0.2) is 152 Å². The van der Waals surface area contributed by atoms with Gasteiger partial charge in [0, 0.05) is 60.0 Å². The summed E-state index contributed by atoms with van der Waals surface area (Å²) in [6, 6.07) is 49.4. The molecule has 0 aliphatic heterocycles. The van der Waals surface area contributed by atoms with Crippen LogP contribution in [-0.2, 0) is 60.6 Å². The number of Topliss-reactive ketones (excluding diaryl/α,β-unsaturated/α-hetero) is 1. The monoisotopic (exact) mass is 808 g/mol. The predicted molar refractivity (Wildman–Crippen MR) is 242 cm³/mol. The Bertz CT molecular complexity index is 1590. The van der Waals surface area contributed by atoms with Gasteiger partial charge in [-0.2, -0.15) is 0 Å². The molecule has 0 saturated heterocycles. The summed E-state index contributed by atoms with van der Waals surface area (Å²) < 4.78 is 4.79. The van der Waals surface area contributed by atoms with E-state index < -0.39 is 0 Å². The molecule has 0 aromatic heterocycles. The van der Waals surface area contributed by atoms with Crippen molar-refractivity contribution in [2.75, 3.05) is 7.05 Å². The van der Waals surface area contributed by atoms with E-state index in [-0.39, 0.29) is 43.5 Å². The van der Waals surface area contributed by atoms with Gasteiger partial charge in [-0.05, 0) is 41.2 Å². The molecule has 0 aliphatic rings. The lowest BCUT2D eigenvalue weighted by atomic mass is 10.1. The highest BCUT2D eigenvalue weighted by molar-refractivity contribution is 8.12. The molecule has 8 nitrogen and oxygen atoms in total. The number of carbonyl (C=O) groups excluding carboxylic acids is 5. The fourth-order valence-electron chi connectivity index (χ4n) is 4.27. The summed E-state index contributed by atoms with van der Waals surface area (Å²) in [5.41, 5.74) is 5.75. The Kier molecular flexibility index (Phi) is 32.3. The Morgan fingerprint density at radius 2 is 0.948 bits per heavy atom. The first-order valence-corrected chi connectivity index (χ1v) is 19.3. The molecule has 58 heavy (non-hydrogen) atoms. The van der Waals surface area contributed by atoms with E-state index in [2.05, 4.69) is 5.32 Å². The van der Waals surface area contributed by atoms with Gasteiger partial charge in [0.05, 0.1) is 0 Å². The number of ether oxygens (including phenoxy) is 1. The molecule has 5 aromatic rings. The van der Waals surface area contributed by atoms with Crippen LogP contribution >= 0.6 is 11.8 Å². The highest BCUT2D eigenvalue weighted by Crippen LogP contribution is 2.11. The standard InChI is InChI=1S/C10H13NO.C10H12O.C9H11NO.C9H10O2.C9H10OS.2CH4/c1-9(12)11(2)8-10-6-4-3-5-7-10;1-9(11)7-8-10-5-3-2-4-6-10;1-8(11)10-7-9-5-3-2-4-6-9;2*1-8(10)11-7-9-5-3-2-4-6-9;;/h3-7H,8H2,1-2H3;2-6H,7-8H2,1H3;2-6H,7H2,1H3,(H,10,11);2*2-6H,7H2,1H3;2*1H4. The molecule has 5 rings (SSSR count). The lowest BCUT2D eigenvalue weighted by molar-refractivity contribution is -0.142. The Morgan fingerprint density at radius 1 is 0.552 bits per heavy atom. The molecule has 1 N–H and O–H groups in total. The van der Waals surface area contributed by atoms with Crippen molar-refractivity contribution < 1.29 is 28.7 Å². The minimum atomic E-state index is -0.242. The molecule has 0 bridgehead atoms. The largest absolute Gasteiger partial charge is 0.461 e. The lowest BCUT2D eigenvalue weighted by Gasteiger charge is -2.14. The summed E-state index contributed by atoms with van der Waals surface area (Å²) in [6.07, 6.45) is 1.53. The van der Waals surface area contributed by atoms with Crippen molar-refractivity contribution in [3.63, 3.8) is 0 Å². The first kappa shape index (κ1) is 54.3. The molecule has 0 radical (unpaired) electrons. The van der Waals surface area contributed by atoms with Gasteiger partial charge in [0.15, 0.2) is 5.12 Å². The molecule has 312 valence electrons. The summed E-state index contributed by atoms with van der Waals surface area (Å²) in [5, 5.41) is 2.90. The zero-order valence-corrected chi connectivity index (χ0v) is 34.3. The van der Waals surface area contributed by atoms with Crippen molar-refractivity contribution in [2.24, 2.45) is 0 Å². The van der Waals surface area contributed by atoms with E-state index in [4.69, 9.17) is 4.74 Å². The molecule has 0 unspecified atom stereocenters. The van der Waals surface area contributed by atoms with Crippen LogP contribution in [0.4, 0.5) is 0 Å². The number of thioether (sulfide) groups is 1. The van der Waals surface area contributed by atoms with E-state index in [0.29, 0.717) is 26.1 Å². The Labute approximate surface area is 352 Å². The summed E-state index contributed by atoms with van der Waals surface area (Å²) in [7, 11) is 1.80. The molecular formula is C49H64N2O6S. The Hall–Kier alpha value is -5.80. The van der Waals surface area contributed by atoms with Crippen molar-refractivity contribution in [3.05, 3.63) is 179 Å². The molecule has 0 fully saturated rings. The SMILES string of the molecule is C.C.CC(=O)CCc1ccccc1.CC(=O)N(C)Cc1ccccc1.CC(=O)NCc1ccccc1.CC(=O)OCc1ccccc1.CC(=O)SCc1ccccc1. The van der Waals surface area contributed by atoms with E-state index >= 15 is 0 Å². The summed E-state index contributed by atoms with van der Waals surface area (Å²) >= 11 is 1.35. The molecule has 0 saturated carbocycles. The second kappa shape index (κ2) is 34.4. The number of hydrogen-bond donors (Lipinski definition) is 1. The summed E-state index contributed by atoms with van der Waals surface area (Å²) in [4.78, 5) is 54.7. The third-order valence-electron chi connectivity index (χ3n) is 7.36. The lowest BCUT2D eigenvalue weighted by Crippen LogP contribution is -2.22. The maximum absolute atomic E-state index is 10.9. The van der Waals surface area contributed by atoms with Crippen LogP contribution < -0.4 is 5.32 Å². The number of nitrogens with one attached hydrogen (secondary N) is 1. The molecule has 9 heteroatoms. The van der Waals surface area contributed by atoms with Crippen molar-refractivity contribution >= 4 is 40.4 Å². The molecule has 5 aromatic carbocycles. The van der Waals surface area contributed by atoms with Gasteiger partial charge in [-0.3, -0.25) is 19.2 Å². The number of rotatable bonds is 11. The summed E-state index contributed by atoms with van der Waals surface area (Å²) in [6.45, 7) is 9.40. The number of ketones is 1. The Morgan fingerprint density at radius 3 is 1.33 bits per heavy atom. The number of carbonyl (C=O) groups is 5. The average Bonchev–Trinajstić information content (AvgIpc) is 3.20. The van der Waals surface area contributed by atoms with Crippen molar-refractivity contribution in [3.8, 4) is 0 Å². The second-order valence-corrected chi connectivity index (χ2v) is 13.6. The van der Waals surface area contributed by atoms with Gasteiger partial charge in [0.25, 0.3) is 0 Å². The fourth-order valence-corrected chi connectivity index (χ4v) is 4.84. The smallest absolute Gasteiger partial charge is 0.302 e. The number of hydrogen-bond acceptors (Lipinski definition) is 7. The van der Waals surface area contributed by atoms with Crippen LogP contribution in [0.3, 0.4) is 0 Å². The number of benzene rings is 5. The zero-order chi connectivity index (χ0) is 41.4. The first-order valence-electron chi connectivity index (χ1n) is 18.3. The van der Waals surface area contributed by atoms with Gasteiger partial charge >= 0.3 is 5.97 Å². The van der Waals surface area contributed by atoms with Crippen LogP contribution in [0, 0.1) is 0 Å². The number of amides is 2. The first-order chi connectivity index (χ1) is 26.8. The van der Waals surface area contributed by atoms with Gasteiger partial charge in [0.2, 0.25) is 11.8 Å². The highest BCUT2D eigenvalue weighted by Gasteiger charge is 2.01. The van der Waals surface area contributed by atoms with Gasteiger partial charge in [-0.25, -0.2) is 0 Å². The quantitative estimate of drug-likeness (QED) is 0.132. The molecule has 2 amide bonds. The van der Waals surface area contributed by atoms with Gasteiger partial charge in [-0.15, -0.1) is 0 Å². The van der Waals surface area contributed by atoms with E-state index in [1.54, 1.807) is 32.7 Å². The van der Waals surface area contributed by atoms with Crippen molar-refractivity contribution in [2.45, 2.75) is 87.8 Å².